The molecule has 1 N–H and O–H groups in total. The zero-order valence-corrected chi connectivity index (χ0v) is 14.7. The van der Waals surface area contributed by atoms with Crippen LogP contribution < -0.4 is 14.8 Å². The summed E-state index contributed by atoms with van der Waals surface area (Å²) in [4.78, 5) is 36.1. The summed E-state index contributed by atoms with van der Waals surface area (Å²) in [5, 5.41) is 2.71. The lowest BCUT2D eigenvalue weighted by Gasteiger charge is -2.12. The molecule has 1 aliphatic heterocycles. The van der Waals surface area contributed by atoms with Crippen molar-refractivity contribution in [2.24, 2.45) is 0 Å². The molecule has 1 aromatic rings. The molecule has 9 heteroatoms. The van der Waals surface area contributed by atoms with Gasteiger partial charge >= 0.3 is 12.0 Å². The predicted octanol–water partition coefficient (Wildman–Crippen LogP) is 1.81. The second kappa shape index (κ2) is 7.89. The highest BCUT2D eigenvalue weighted by molar-refractivity contribution is 6.32. The van der Waals surface area contributed by atoms with Gasteiger partial charge in [-0.25, -0.2) is 9.69 Å². The number of nitrogens with zero attached hydrogens (tertiary/aromatic N) is 1. The Morgan fingerprint density at radius 2 is 2.04 bits per heavy atom. The van der Waals surface area contributed by atoms with Crippen LogP contribution >= 0.6 is 11.6 Å². The normalized spacial score (nSPS) is 15.4. The van der Waals surface area contributed by atoms with Gasteiger partial charge in [-0.3, -0.25) is 9.59 Å². The largest absolute Gasteiger partial charge is 0.493 e. The number of carbonyl (C=O) groups excluding carboxylic acids is 3. The van der Waals surface area contributed by atoms with E-state index >= 15 is 0 Å². The van der Waals surface area contributed by atoms with Gasteiger partial charge in [0.15, 0.2) is 11.5 Å². The number of urea groups is 1. The van der Waals surface area contributed by atoms with Crippen LogP contribution in [0.25, 0.3) is 6.08 Å². The molecule has 0 aromatic heterocycles. The molecule has 0 unspecified atom stereocenters. The van der Waals surface area contributed by atoms with E-state index in [1.807, 2.05) is 6.92 Å². The van der Waals surface area contributed by atoms with Crippen molar-refractivity contribution >= 4 is 35.6 Å². The molecule has 3 amide bonds. The lowest BCUT2D eigenvalue weighted by molar-refractivity contribution is -0.143. The summed E-state index contributed by atoms with van der Waals surface area (Å²) in [5.74, 6) is -0.554. The summed E-state index contributed by atoms with van der Waals surface area (Å²) >= 11 is 6.18. The van der Waals surface area contributed by atoms with E-state index in [0.717, 1.165) is 4.90 Å². The first-order valence-corrected chi connectivity index (χ1v) is 7.70. The van der Waals surface area contributed by atoms with Crippen molar-refractivity contribution in [3.63, 3.8) is 0 Å². The quantitative estimate of drug-likeness (QED) is 0.467. The van der Waals surface area contributed by atoms with Gasteiger partial charge in [0.25, 0.3) is 5.91 Å². The Morgan fingerprint density at radius 1 is 1.32 bits per heavy atom. The predicted molar refractivity (Wildman–Crippen MR) is 89.4 cm³/mol. The summed E-state index contributed by atoms with van der Waals surface area (Å²) in [6.07, 6.45) is 1.43. The zero-order valence-electron chi connectivity index (χ0n) is 13.9. The first-order chi connectivity index (χ1) is 11.9. The number of methoxy groups -OCH3 is 2. The summed E-state index contributed by atoms with van der Waals surface area (Å²) < 4.78 is 15.1. The van der Waals surface area contributed by atoms with Gasteiger partial charge in [-0.15, -0.1) is 0 Å². The molecule has 1 aliphatic rings. The maximum atomic E-state index is 12.3. The number of hydrogen-bond acceptors (Lipinski definition) is 6. The number of benzene rings is 1. The molecule has 1 heterocycles. The fourth-order valence-electron chi connectivity index (χ4n) is 2.18. The van der Waals surface area contributed by atoms with Gasteiger partial charge in [0, 0.05) is 0 Å². The van der Waals surface area contributed by atoms with Gasteiger partial charge in [0.05, 0.1) is 25.8 Å². The minimum Gasteiger partial charge on any atom is -0.493 e. The van der Waals surface area contributed by atoms with Crippen LogP contribution in [0.5, 0.6) is 11.5 Å². The number of esters is 1. The third kappa shape index (κ3) is 4.03. The fourth-order valence-corrected chi connectivity index (χ4v) is 2.46. The lowest BCUT2D eigenvalue weighted by atomic mass is 10.1. The van der Waals surface area contributed by atoms with Crippen LogP contribution in [0, 0.1) is 0 Å². The second-order valence-corrected chi connectivity index (χ2v) is 5.33. The van der Waals surface area contributed by atoms with Gasteiger partial charge in [-0.1, -0.05) is 11.6 Å². The summed E-state index contributed by atoms with van der Waals surface area (Å²) in [5.41, 5.74) is 0.532. The zero-order chi connectivity index (χ0) is 18.6. The van der Waals surface area contributed by atoms with Crippen molar-refractivity contribution in [1.82, 2.24) is 10.2 Å². The van der Waals surface area contributed by atoms with Gasteiger partial charge < -0.3 is 19.5 Å². The van der Waals surface area contributed by atoms with Crippen molar-refractivity contribution in [2.45, 2.75) is 6.92 Å². The highest BCUT2D eigenvalue weighted by Gasteiger charge is 2.35. The van der Waals surface area contributed by atoms with Gasteiger partial charge in [-0.05, 0) is 30.7 Å². The number of halogens is 1. The Hall–Kier alpha value is -2.74. The molecule has 1 saturated heterocycles. The van der Waals surface area contributed by atoms with Gasteiger partial charge in [0.2, 0.25) is 0 Å². The number of nitrogens with one attached hydrogen (secondary N) is 1. The van der Waals surface area contributed by atoms with E-state index in [4.69, 9.17) is 21.1 Å². The maximum Gasteiger partial charge on any atom is 0.329 e. The molecule has 0 saturated carbocycles. The Bertz CT molecular complexity index is 746. The van der Waals surface area contributed by atoms with E-state index in [2.05, 4.69) is 10.1 Å². The molecule has 2 rings (SSSR count). The smallest absolute Gasteiger partial charge is 0.329 e. The molecule has 134 valence electrons. The number of imide groups is 1. The van der Waals surface area contributed by atoms with E-state index in [1.165, 1.54) is 20.3 Å². The maximum absolute atomic E-state index is 12.3. The molecular weight excluding hydrogens is 352 g/mol. The first-order valence-electron chi connectivity index (χ1n) is 7.33. The standard InChI is InChI=1S/C16H17ClN2O6/c1-4-25-14-10(17)5-9(7-12(14)23-2)6-11-15(21)19(16(22)18-11)8-13(20)24-3/h5-7H,4,8H2,1-3H3,(H,18,22)/b11-6+. The molecule has 0 bridgehead atoms. The Labute approximate surface area is 149 Å². The average molecular weight is 369 g/mol. The average Bonchev–Trinajstić information content (AvgIpc) is 2.84. The topological polar surface area (TPSA) is 94.2 Å². The van der Waals surface area contributed by atoms with Crippen LogP contribution in [0.3, 0.4) is 0 Å². The van der Waals surface area contributed by atoms with E-state index in [1.54, 1.807) is 12.1 Å². The summed E-state index contributed by atoms with van der Waals surface area (Å²) in [7, 11) is 2.64. The second-order valence-electron chi connectivity index (χ2n) is 4.92. The number of rotatable bonds is 6. The van der Waals surface area contributed by atoms with E-state index in [-0.39, 0.29) is 5.70 Å². The van der Waals surface area contributed by atoms with Crippen molar-refractivity contribution in [3.05, 3.63) is 28.4 Å². The minimum absolute atomic E-state index is 0.0104. The molecule has 0 aliphatic carbocycles. The van der Waals surface area contributed by atoms with Crippen molar-refractivity contribution < 1.29 is 28.6 Å². The Morgan fingerprint density at radius 3 is 2.64 bits per heavy atom. The first kappa shape index (κ1) is 18.6. The fraction of sp³-hybridized carbons (Fsp3) is 0.312. The Balaban J connectivity index is 2.31. The van der Waals surface area contributed by atoms with Gasteiger partial charge in [-0.2, -0.15) is 0 Å². The summed E-state index contributed by atoms with van der Waals surface area (Å²) in [6, 6.07) is 2.49. The van der Waals surface area contributed by atoms with Crippen molar-refractivity contribution in [2.75, 3.05) is 27.4 Å². The van der Waals surface area contributed by atoms with Crippen LogP contribution in [-0.4, -0.2) is 50.2 Å². The highest BCUT2D eigenvalue weighted by atomic mass is 35.5. The van der Waals surface area contributed by atoms with Crippen molar-refractivity contribution in [1.29, 1.82) is 0 Å². The van der Waals surface area contributed by atoms with Crippen LogP contribution in [0.4, 0.5) is 4.79 Å². The number of ether oxygens (including phenoxy) is 3. The van der Waals surface area contributed by atoms with Crippen LogP contribution in [-0.2, 0) is 14.3 Å². The molecular formula is C16H17ClN2O6. The molecule has 1 fully saturated rings. The summed E-state index contributed by atoms with van der Waals surface area (Å²) in [6.45, 7) is 1.76. The van der Waals surface area contributed by atoms with E-state index < -0.39 is 24.5 Å². The minimum atomic E-state index is -0.703. The molecule has 0 radical (unpaired) electrons. The van der Waals surface area contributed by atoms with E-state index in [0.29, 0.717) is 28.7 Å². The molecule has 1 aromatic carbocycles. The molecule has 25 heavy (non-hydrogen) atoms. The third-order valence-electron chi connectivity index (χ3n) is 3.33. The number of amides is 3. The highest BCUT2D eigenvalue weighted by Crippen LogP contribution is 2.37. The van der Waals surface area contributed by atoms with Crippen molar-refractivity contribution in [3.8, 4) is 11.5 Å². The number of hydrogen-bond donors (Lipinski definition) is 1. The monoisotopic (exact) mass is 368 g/mol. The lowest BCUT2D eigenvalue weighted by Crippen LogP contribution is -2.36. The Kier molecular flexibility index (Phi) is 5.87. The molecule has 0 atom stereocenters. The van der Waals surface area contributed by atoms with Crippen LogP contribution in [0.2, 0.25) is 5.02 Å². The van der Waals surface area contributed by atoms with Crippen LogP contribution in [0.15, 0.2) is 17.8 Å². The number of carbonyl (C=O) groups is 3. The van der Waals surface area contributed by atoms with E-state index in [9.17, 15) is 14.4 Å². The SMILES string of the molecule is CCOc1c(Cl)cc(/C=C2/NC(=O)N(CC(=O)OC)C2=O)cc1OC. The van der Waals surface area contributed by atoms with Crippen LogP contribution in [0.1, 0.15) is 12.5 Å². The molecule has 8 nitrogen and oxygen atoms in total. The third-order valence-corrected chi connectivity index (χ3v) is 3.61. The molecule has 0 spiro atoms. The van der Waals surface area contributed by atoms with Gasteiger partial charge in [0.1, 0.15) is 12.2 Å².